The summed E-state index contributed by atoms with van der Waals surface area (Å²) in [5.41, 5.74) is 1.29. The van der Waals surface area contributed by atoms with Gasteiger partial charge in [-0.05, 0) is 31.0 Å². The van der Waals surface area contributed by atoms with Gasteiger partial charge in [0.2, 0.25) is 0 Å². The Kier molecular flexibility index (Phi) is 8.48. The maximum atomic E-state index is 6.00. The Morgan fingerprint density at radius 1 is 1.17 bits per heavy atom. The number of methoxy groups -OCH3 is 1. The van der Waals surface area contributed by atoms with E-state index in [0.717, 1.165) is 74.9 Å². The van der Waals surface area contributed by atoms with Crippen molar-refractivity contribution in [3.05, 3.63) is 46.5 Å². The van der Waals surface area contributed by atoms with Crippen LogP contribution in [0.5, 0.6) is 0 Å². The van der Waals surface area contributed by atoms with Crippen LogP contribution in [-0.4, -0.2) is 77.0 Å². The number of guanidine groups is 1. The molecule has 1 aromatic carbocycles. The molecule has 0 unspecified atom stereocenters. The summed E-state index contributed by atoms with van der Waals surface area (Å²) >= 11 is 6.00. The maximum absolute atomic E-state index is 6.00. The third kappa shape index (κ3) is 6.42. The van der Waals surface area contributed by atoms with Crippen molar-refractivity contribution < 1.29 is 4.74 Å². The van der Waals surface area contributed by atoms with Crippen LogP contribution in [0.3, 0.4) is 0 Å². The predicted octanol–water partition coefficient (Wildman–Crippen LogP) is 2.08. The fourth-order valence-electron chi connectivity index (χ4n) is 3.38. The smallest absolute Gasteiger partial charge is 0.194 e. The molecule has 3 rings (SSSR count). The molecule has 1 N–H and O–H groups in total. The van der Waals surface area contributed by atoms with Crippen molar-refractivity contribution >= 4 is 17.6 Å². The summed E-state index contributed by atoms with van der Waals surface area (Å²) in [6.45, 7) is 8.81. The van der Waals surface area contributed by atoms with Crippen LogP contribution >= 0.6 is 11.6 Å². The minimum Gasteiger partial charge on any atom is -0.385 e. The van der Waals surface area contributed by atoms with Gasteiger partial charge in [-0.2, -0.15) is 0 Å². The first-order valence-corrected chi connectivity index (χ1v) is 10.8. The standard InChI is InChI=1S/C21H32ClN7O/c1-17-25-26-20(27(17)2)15-24-21(23-9-4-14-30-3)29-12-10-28(11-13-29)16-18-5-7-19(22)8-6-18/h5-8H,4,9-16H2,1-3H3,(H,23,24). The molecule has 164 valence electrons. The van der Waals surface area contributed by atoms with Crippen molar-refractivity contribution in [3.63, 3.8) is 0 Å². The first-order valence-electron chi connectivity index (χ1n) is 10.4. The number of halogens is 1. The molecular formula is C21H32ClN7O. The molecule has 2 aromatic rings. The number of aromatic nitrogens is 3. The average Bonchev–Trinajstić information content (AvgIpc) is 3.08. The van der Waals surface area contributed by atoms with E-state index in [1.165, 1.54) is 5.56 Å². The van der Waals surface area contributed by atoms with Gasteiger partial charge < -0.3 is 19.5 Å². The van der Waals surface area contributed by atoms with Crippen LogP contribution in [0.25, 0.3) is 0 Å². The highest BCUT2D eigenvalue weighted by Gasteiger charge is 2.20. The van der Waals surface area contributed by atoms with Crippen molar-refractivity contribution in [2.75, 3.05) is 46.4 Å². The average molecular weight is 434 g/mol. The van der Waals surface area contributed by atoms with Gasteiger partial charge in [-0.15, -0.1) is 10.2 Å². The normalized spacial score (nSPS) is 15.6. The van der Waals surface area contributed by atoms with Crippen molar-refractivity contribution in [2.45, 2.75) is 26.4 Å². The molecule has 0 spiro atoms. The fraction of sp³-hybridized carbons (Fsp3) is 0.571. The summed E-state index contributed by atoms with van der Waals surface area (Å²) in [6.07, 6.45) is 0.940. The van der Waals surface area contributed by atoms with E-state index in [1.807, 2.05) is 30.7 Å². The molecular weight excluding hydrogens is 402 g/mol. The number of aryl methyl sites for hydroxylation is 1. The second-order valence-corrected chi connectivity index (χ2v) is 7.96. The van der Waals surface area contributed by atoms with Gasteiger partial charge in [-0.25, -0.2) is 4.99 Å². The zero-order valence-electron chi connectivity index (χ0n) is 18.1. The van der Waals surface area contributed by atoms with Gasteiger partial charge in [0.1, 0.15) is 12.4 Å². The highest BCUT2D eigenvalue weighted by molar-refractivity contribution is 6.30. The van der Waals surface area contributed by atoms with Crippen LogP contribution in [0, 0.1) is 6.92 Å². The van der Waals surface area contributed by atoms with Crippen molar-refractivity contribution in [1.29, 1.82) is 0 Å². The predicted molar refractivity (Wildman–Crippen MR) is 120 cm³/mol. The second-order valence-electron chi connectivity index (χ2n) is 7.53. The third-order valence-corrected chi connectivity index (χ3v) is 5.60. The quantitative estimate of drug-likeness (QED) is 0.390. The van der Waals surface area contributed by atoms with Crippen molar-refractivity contribution in [1.82, 2.24) is 29.9 Å². The van der Waals surface area contributed by atoms with E-state index >= 15 is 0 Å². The molecule has 0 bridgehead atoms. The number of hydrogen-bond donors (Lipinski definition) is 1. The van der Waals surface area contributed by atoms with Crippen molar-refractivity contribution in [3.8, 4) is 0 Å². The summed E-state index contributed by atoms with van der Waals surface area (Å²) in [7, 11) is 3.70. The van der Waals surface area contributed by atoms with Crippen LogP contribution in [0.15, 0.2) is 29.3 Å². The first-order chi connectivity index (χ1) is 14.6. The van der Waals surface area contributed by atoms with Crippen LogP contribution in [0.2, 0.25) is 5.02 Å². The van der Waals surface area contributed by atoms with E-state index in [4.69, 9.17) is 21.3 Å². The largest absolute Gasteiger partial charge is 0.385 e. The minimum atomic E-state index is 0.509. The van der Waals surface area contributed by atoms with Gasteiger partial charge in [0.25, 0.3) is 0 Å². The summed E-state index contributed by atoms with van der Waals surface area (Å²) < 4.78 is 7.15. The molecule has 0 atom stereocenters. The zero-order chi connectivity index (χ0) is 21.3. The molecule has 0 amide bonds. The monoisotopic (exact) mass is 433 g/mol. The van der Waals surface area contributed by atoms with E-state index in [-0.39, 0.29) is 0 Å². The van der Waals surface area contributed by atoms with E-state index < -0.39 is 0 Å². The lowest BCUT2D eigenvalue weighted by Gasteiger charge is -2.36. The van der Waals surface area contributed by atoms with Crippen LogP contribution in [0.4, 0.5) is 0 Å². The molecule has 0 aliphatic carbocycles. The second kappa shape index (κ2) is 11.3. The number of hydrogen-bond acceptors (Lipinski definition) is 5. The maximum Gasteiger partial charge on any atom is 0.194 e. The van der Waals surface area contributed by atoms with E-state index in [0.29, 0.717) is 6.54 Å². The Morgan fingerprint density at radius 2 is 1.90 bits per heavy atom. The SMILES string of the molecule is COCCCNC(=NCc1nnc(C)n1C)N1CCN(Cc2ccc(Cl)cc2)CC1. The van der Waals surface area contributed by atoms with Gasteiger partial charge >= 0.3 is 0 Å². The summed E-state index contributed by atoms with van der Waals surface area (Å²) in [5, 5.41) is 12.6. The minimum absolute atomic E-state index is 0.509. The Labute approximate surface area is 183 Å². The summed E-state index contributed by atoms with van der Waals surface area (Å²) in [4.78, 5) is 9.64. The molecule has 0 radical (unpaired) electrons. The summed E-state index contributed by atoms with van der Waals surface area (Å²) in [6, 6.07) is 8.11. The molecule has 8 nitrogen and oxygen atoms in total. The molecule has 30 heavy (non-hydrogen) atoms. The molecule has 1 aromatic heterocycles. The number of piperazine rings is 1. The fourth-order valence-corrected chi connectivity index (χ4v) is 3.51. The highest BCUT2D eigenvalue weighted by atomic mass is 35.5. The van der Waals surface area contributed by atoms with Crippen molar-refractivity contribution in [2.24, 2.45) is 12.0 Å². The van der Waals surface area contributed by atoms with Gasteiger partial charge in [0.05, 0.1) is 0 Å². The Bertz CT molecular complexity index is 813. The third-order valence-electron chi connectivity index (χ3n) is 5.35. The van der Waals surface area contributed by atoms with Gasteiger partial charge in [-0.3, -0.25) is 4.90 Å². The van der Waals surface area contributed by atoms with E-state index in [1.54, 1.807) is 7.11 Å². The number of aliphatic imine (C=N–C) groups is 1. The molecule has 0 saturated carbocycles. The molecule has 1 aliphatic heterocycles. The lowest BCUT2D eigenvalue weighted by atomic mass is 10.2. The molecule has 1 saturated heterocycles. The Morgan fingerprint density at radius 3 is 2.53 bits per heavy atom. The topological polar surface area (TPSA) is 70.8 Å². The van der Waals surface area contributed by atoms with Gasteiger partial charge in [0, 0.05) is 65.1 Å². The molecule has 1 fully saturated rings. The van der Waals surface area contributed by atoms with Crippen LogP contribution in [0.1, 0.15) is 23.6 Å². The lowest BCUT2D eigenvalue weighted by molar-refractivity contribution is 0.171. The molecule has 2 heterocycles. The molecule has 9 heteroatoms. The molecule has 1 aliphatic rings. The first kappa shape index (κ1) is 22.5. The Hall–Kier alpha value is -2.16. The Balaban J connectivity index is 1.58. The van der Waals surface area contributed by atoms with E-state index in [9.17, 15) is 0 Å². The van der Waals surface area contributed by atoms with Crippen LogP contribution in [-0.2, 0) is 24.9 Å². The number of rotatable bonds is 8. The van der Waals surface area contributed by atoms with Gasteiger partial charge in [-0.1, -0.05) is 23.7 Å². The summed E-state index contributed by atoms with van der Waals surface area (Å²) in [5.74, 6) is 2.69. The van der Waals surface area contributed by atoms with Crippen LogP contribution < -0.4 is 5.32 Å². The van der Waals surface area contributed by atoms with E-state index in [2.05, 4.69) is 37.4 Å². The number of ether oxygens (including phenoxy) is 1. The van der Waals surface area contributed by atoms with Gasteiger partial charge in [0.15, 0.2) is 11.8 Å². The number of nitrogens with zero attached hydrogens (tertiary/aromatic N) is 6. The highest BCUT2D eigenvalue weighted by Crippen LogP contribution is 2.13. The lowest BCUT2D eigenvalue weighted by Crippen LogP contribution is -2.52. The number of benzene rings is 1. The zero-order valence-corrected chi connectivity index (χ0v) is 18.9. The number of nitrogens with one attached hydrogen (secondary N) is 1.